The number of fused-ring (bicyclic) bond motifs is 3. The lowest BCUT2D eigenvalue weighted by molar-refractivity contribution is -0.262. The molecule has 0 aromatic rings. The van der Waals surface area contributed by atoms with Gasteiger partial charge in [-0.15, -0.1) is 0 Å². The second-order valence-electron chi connectivity index (χ2n) is 3.38. The molecule has 62 valence electrons. The highest BCUT2D eigenvalue weighted by Crippen LogP contribution is 2.32. The SMILES string of the molecule is CC(=O)N1OC2CCC1CC2. The second-order valence-corrected chi connectivity index (χ2v) is 3.38. The van der Waals surface area contributed by atoms with E-state index in [9.17, 15) is 4.79 Å². The van der Waals surface area contributed by atoms with E-state index in [2.05, 4.69) is 0 Å². The third-order valence-corrected chi connectivity index (χ3v) is 2.55. The molecule has 0 aromatic carbocycles. The van der Waals surface area contributed by atoms with Gasteiger partial charge in [-0.1, -0.05) is 0 Å². The van der Waals surface area contributed by atoms with Gasteiger partial charge >= 0.3 is 0 Å². The normalized spacial score (nSPS) is 35.9. The van der Waals surface area contributed by atoms with Crippen molar-refractivity contribution in [2.75, 3.05) is 0 Å². The number of rotatable bonds is 0. The molecule has 0 N–H and O–H groups in total. The molecule has 1 aliphatic carbocycles. The molecule has 0 unspecified atom stereocenters. The van der Waals surface area contributed by atoms with Gasteiger partial charge in [0.15, 0.2) is 0 Å². The van der Waals surface area contributed by atoms with Crippen LogP contribution in [-0.2, 0) is 9.63 Å². The van der Waals surface area contributed by atoms with E-state index >= 15 is 0 Å². The highest BCUT2D eigenvalue weighted by atomic mass is 16.7. The maximum absolute atomic E-state index is 11.0. The van der Waals surface area contributed by atoms with Crippen LogP contribution in [-0.4, -0.2) is 23.1 Å². The molecular weight excluding hydrogens is 142 g/mol. The Labute approximate surface area is 66.3 Å². The van der Waals surface area contributed by atoms with Gasteiger partial charge in [0.05, 0.1) is 12.1 Å². The molecule has 3 heteroatoms. The van der Waals surface area contributed by atoms with Crippen molar-refractivity contribution in [3.8, 4) is 0 Å². The molecule has 1 saturated carbocycles. The summed E-state index contributed by atoms with van der Waals surface area (Å²) in [7, 11) is 0. The van der Waals surface area contributed by atoms with E-state index < -0.39 is 0 Å². The van der Waals surface area contributed by atoms with Crippen molar-refractivity contribution >= 4 is 5.91 Å². The average molecular weight is 155 g/mol. The molecule has 0 radical (unpaired) electrons. The van der Waals surface area contributed by atoms with Gasteiger partial charge in [0, 0.05) is 6.92 Å². The summed E-state index contributed by atoms with van der Waals surface area (Å²) in [5, 5.41) is 1.57. The van der Waals surface area contributed by atoms with Gasteiger partial charge in [-0.2, -0.15) is 0 Å². The molecule has 2 heterocycles. The standard InChI is InChI=1S/C8H13NO2/c1-6(10)9-7-2-4-8(11-9)5-3-7/h7-8H,2-5H2,1H3. The van der Waals surface area contributed by atoms with Crippen molar-refractivity contribution in [1.82, 2.24) is 5.06 Å². The lowest BCUT2D eigenvalue weighted by Gasteiger charge is -2.43. The average Bonchev–Trinajstić information content (AvgIpc) is 2.06. The van der Waals surface area contributed by atoms with Crippen LogP contribution in [0.15, 0.2) is 0 Å². The molecule has 3 fully saturated rings. The first kappa shape index (κ1) is 7.10. The summed E-state index contributed by atoms with van der Waals surface area (Å²) in [5.41, 5.74) is 0. The van der Waals surface area contributed by atoms with Crippen LogP contribution in [0.3, 0.4) is 0 Å². The summed E-state index contributed by atoms with van der Waals surface area (Å²) in [6.07, 6.45) is 4.85. The van der Waals surface area contributed by atoms with Gasteiger partial charge in [0.1, 0.15) is 0 Å². The van der Waals surface area contributed by atoms with Crippen molar-refractivity contribution in [3.63, 3.8) is 0 Å². The number of nitrogens with zero attached hydrogens (tertiary/aromatic N) is 1. The highest BCUT2D eigenvalue weighted by Gasteiger charge is 2.36. The van der Waals surface area contributed by atoms with Crippen LogP contribution in [0, 0.1) is 0 Å². The van der Waals surface area contributed by atoms with Crippen molar-refractivity contribution in [2.24, 2.45) is 0 Å². The van der Waals surface area contributed by atoms with Gasteiger partial charge in [-0.05, 0) is 25.7 Å². The van der Waals surface area contributed by atoms with Crippen molar-refractivity contribution in [1.29, 1.82) is 0 Å². The van der Waals surface area contributed by atoms with E-state index in [0.29, 0.717) is 12.1 Å². The molecule has 3 aliphatic rings. The topological polar surface area (TPSA) is 29.5 Å². The third kappa shape index (κ3) is 1.13. The predicted molar refractivity (Wildman–Crippen MR) is 39.6 cm³/mol. The fourth-order valence-corrected chi connectivity index (χ4v) is 1.96. The van der Waals surface area contributed by atoms with E-state index in [0.717, 1.165) is 25.7 Å². The number of carbonyl (C=O) groups is 1. The number of hydrogen-bond donors (Lipinski definition) is 0. The zero-order valence-corrected chi connectivity index (χ0v) is 6.75. The summed E-state index contributed by atoms with van der Waals surface area (Å²) in [6.45, 7) is 1.57. The molecule has 0 atom stereocenters. The molecule has 0 spiro atoms. The van der Waals surface area contributed by atoms with E-state index in [1.54, 1.807) is 12.0 Å². The van der Waals surface area contributed by atoms with E-state index in [-0.39, 0.29) is 5.91 Å². The fourth-order valence-electron chi connectivity index (χ4n) is 1.96. The summed E-state index contributed by atoms with van der Waals surface area (Å²) >= 11 is 0. The maximum Gasteiger partial charge on any atom is 0.243 e. The monoisotopic (exact) mass is 155 g/mol. The second kappa shape index (κ2) is 2.48. The first-order chi connectivity index (χ1) is 5.27. The lowest BCUT2D eigenvalue weighted by Crippen LogP contribution is -2.50. The summed E-state index contributed by atoms with van der Waals surface area (Å²) in [5.74, 6) is 0.0550. The van der Waals surface area contributed by atoms with E-state index in [1.807, 2.05) is 0 Å². The van der Waals surface area contributed by atoms with Crippen LogP contribution >= 0.6 is 0 Å². The lowest BCUT2D eigenvalue weighted by atomic mass is 9.91. The third-order valence-electron chi connectivity index (χ3n) is 2.55. The van der Waals surface area contributed by atoms with Crippen molar-refractivity contribution in [2.45, 2.75) is 44.8 Å². The minimum atomic E-state index is 0.0550. The smallest absolute Gasteiger partial charge is 0.243 e. The quantitative estimate of drug-likeness (QED) is 0.524. The zero-order valence-electron chi connectivity index (χ0n) is 6.75. The Hall–Kier alpha value is -0.570. The molecular formula is C8H13NO2. The number of amides is 1. The molecule has 2 saturated heterocycles. The van der Waals surface area contributed by atoms with Crippen molar-refractivity contribution < 1.29 is 9.63 Å². The van der Waals surface area contributed by atoms with Gasteiger partial charge < -0.3 is 0 Å². The maximum atomic E-state index is 11.0. The van der Waals surface area contributed by atoms with E-state index in [4.69, 9.17) is 4.84 Å². The van der Waals surface area contributed by atoms with Crippen LogP contribution in [0.4, 0.5) is 0 Å². The molecule has 3 rings (SSSR count). The summed E-state index contributed by atoms with van der Waals surface area (Å²) < 4.78 is 0. The zero-order chi connectivity index (χ0) is 7.84. The molecule has 1 amide bonds. The Kier molecular flexibility index (Phi) is 1.60. The van der Waals surface area contributed by atoms with Crippen LogP contribution in [0.25, 0.3) is 0 Å². The summed E-state index contributed by atoms with van der Waals surface area (Å²) in [6, 6.07) is 0.373. The number of carbonyl (C=O) groups excluding carboxylic acids is 1. The minimum absolute atomic E-state index is 0.0550. The Morgan fingerprint density at radius 3 is 2.27 bits per heavy atom. The number of hydroxylamine groups is 2. The Morgan fingerprint density at radius 1 is 1.36 bits per heavy atom. The van der Waals surface area contributed by atoms with Gasteiger partial charge in [-0.25, -0.2) is 5.06 Å². The highest BCUT2D eigenvalue weighted by molar-refractivity contribution is 5.72. The molecule has 2 aliphatic heterocycles. The Bertz CT molecular complexity index is 173. The number of hydrogen-bond acceptors (Lipinski definition) is 2. The van der Waals surface area contributed by atoms with Crippen LogP contribution in [0.2, 0.25) is 0 Å². The first-order valence-corrected chi connectivity index (χ1v) is 4.24. The van der Waals surface area contributed by atoms with Gasteiger partial charge in [0.25, 0.3) is 0 Å². The Balaban J connectivity index is 2.08. The molecule has 11 heavy (non-hydrogen) atoms. The fraction of sp³-hybridized carbons (Fsp3) is 0.875. The molecule has 2 bridgehead atoms. The van der Waals surface area contributed by atoms with Gasteiger partial charge in [-0.3, -0.25) is 9.63 Å². The Morgan fingerprint density at radius 2 is 2.00 bits per heavy atom. The summed E-state index contributed by atoms with van der Waals surface area (Å²) in [4.78, 5) is 16.4. The minimum Gasteiger partial charge on any atom is -0.273 e. The molecule has 3 nitrogen and oxygen atoms in total. The van der Waals surface area contributed by atoms with Crippen LogP contribution in [0.5, 0.6) is 0 Å². The molecule has 0 aromatic heterocycles. The first-order valence-electron chi connectivity index (χ1n) is 4.24. The van der Waals surface area contributed by atoms with Gasteiger partial charge in [0.2, 0.25) is 5.91 Å². The predicted octanol–water partition coefficient (Wildman–Crippen LogP) is 1.09. The van der Waals surface area contributed by atoms with E-state index in [1.165, 1.54) is 0 Å². The van der Waals surface area contributed by atoms with Crippen LogP contribution < -0.4 is 0 Å². The van der Waals surface area contributed by atoms with Crippen LogP contribution in [0.1, 0.15) is 32.6 Å². The van der Waals surface area contributed by atoms with Crippen molar-refractivity contribution in [3.05, 3.63) is 0 Å². The largest absolute Gasteiger partial charge is 0.273 e.